The second-order valence-electron chi connectivity index (χ2n) is 6.97. The fourth-order valence-electron chi connectivity index (χ4n) is 2.97. The molecule has 3 rings (SSSR count). The summed E-state index contributed by atoms with van der Waals surface area (Å²) in [6, 6.07) is 15.6. The monoisotopic (exact) mass is 393 g/mol. The van der Waals surface area contributed by atoms with Crippen molar-refractivity contribution in [3.8, 4) is 11.3 Å². The lowest BCUT2D eigenvalue weighted by molar-refractivity contribution is -0.119. The lowest BCUT2D eigenvalue weighted by Gasteiger charge is -2.15. The van der Waals surface area contributed by atoms with Crippen LogP contribution in [0.3, 0.4) is 0 Å². The summed E-state index contributed by atoms with van der Waals surface area (Å²) in [4.78, 5) is 24.9. The van der Waals surface area contributed by atoms with Gasteiger partial charge >= 0.3 is 0 Å². The van der Waals surface area contributed by atoms with Crippen molar-refractivity contribution in [2.75, 3.05) is 5.32 Å². The van der Waals surface area contributed by atoms with Crippen LogP contribution in [-0.4, -0.2) is 15.7 Å². The summed E-state index contributed by atoms with van der Waals surface area (Å²) in [5.74, 6) is -0.687. The summed E-state index contributed by atoms with van der Waals surface area (Å²) < 4.78 is 14.3. The maximum Gasteiger partial charge on any atom is 0.267 e. The fourth-order valence-corrected chi connectivity index (χ4v) is 2.97. The smallest absolute Gasteiger partial charge is 0.267 e. The van der Waals surface area contributed by atoms with Crippen LogP contribution >= 0.6 is 0 Å². The van der Waals surface area contributed by atoms with Crippen LogP contribution in [0.4, 0.5) is 10.1 Å². The van der Waals surface area contributed by atoms with Gasteiger partial charge in [-0.05, 0) is 67.8 Å². The van der Waals surface area contributed by atoms with Gasteiger partial charge in [0.15, 0.2) is 0 Å². The van der Waals surface area contributed by atoms with E-state index in [0.717, 1.165) is 23.9 Å². The highest BCUT2D eigenvalue weighted by Crippen LogP contribution is 2.17. The molecule has 1 N–H and O–H groups in total. The Morgan fingerprint density at radius 1 is 1.07 bits per heavy atom. The Labute approximate surface area is 169 Å². The molecule has 2 aromatic carbocycles. The molecule has 0 radical (unpaired) electrons. The molecule has 0 saturated heterocycles. The van der Waals surface area contributed by atoms with Crippen molar-refractivity contribution in [1.82, 2.24) is 9.78 Å². The summed E-state index contributed by atoms with van der Waals surface area (Å²) >= 11 is 0. The SMILES string of the molecule is CCCCc1ccc(NC(=O)C(C)n2nc(-c3ccc(F)cc3)ccc2=O)cc1. The third kappa shape index (κ3) is 5.16. The van der Waals surface area contributed by atoms with E-state index in [4.69, 9.17) is 0 Å². The van der Waals surface area contributed by atoms with Crippen LogP contribution in [0.1, 0.15) is 38.3 Å². The normalized spacial score (nSPS) is 11.8. The van der Waals surface area contributed by atoms with Crippen LogP contribution in [0.2, 0.25) is 0 Å². The number of hydrogen-bond acceptors (Lipinski definition) is 3. The van der Waals surface area contributed by atoms with Gasteiger partial charge in [0.2, 0.25) is 5.91 Å². The summed E-state index contributed by atoms with van der Waals surface area (Å²) in [7, 11) is 0. The van der Waals surface area contributed by atoms with Crippen LogP contribution in [0.5, 0.6) is 0 Å². The molecule has 0 spiro atoms. The molecule has 6 heteroatoms. The van der Waals surface area contributed by atoms with E-state index in [1.807, 2.05) is 24.3 Å². The lowest BCUT2D eigenvalue weighted by Crippen LogP contribution is -2.33. The number of amides is 1. The topological polar surface area (TPSA) is 64.0 Å². The number of unbranched alkanes of at least 4 members (excludes halogenated alkanes) is 1. The number of aryl methyl sites for hydroxylation is 1. The van der Waals surface area contributed by atoms with Gasteiger partial charge in [-0.15, -0.1) is 0 Å². The van der Waals surface area contributed by atoms with Crippen LogP contribution in [0, 0.1) is 5.82 Å². The predicted molar refractivity (Wildman–Crippen MR) is 112 cm³/mol. The molecule has 150 valence electrons. The molecule has 0 aliphatic carbocycles. The number of anilines is 1. The largest absolute Gasteiger partial charge is 0.324 e. The van der Waals surface area contributed by atoms with E-state index in [9.17, 15) is 14.0 Å². The molecular formula is C23H24FN3O2. The van der Waals surface area contributed by atoms with Gasteiger partial charge in [-0.25, -0.2) is 9.07 Å². The number of benzene rings is 2. The third-order valence-electron chi connectivity index (χ3n) is 4.75. The Balaban J connectivity index is 1.76. The average molecular weight is 393 g/mol. The molecule has 1 unspecified atom stereocenters. The van der Waals surface area contributed by atoms with Gasteiger partial charge in [-0.3, -0.25) is 9.59 Å². The molecule has 3 aromatic rings. The number of halogens is 1. The Morgan fingerprint density at radius 2 is 1.76 bits per heavy atom. The third-order valence-corrected chi connectivity index (χ3v) is 4.75. The van der Waals surface area contributed by atoms with Crippen LogP contribution in [0.15, 0.2) is 65.5 Å². The Morgan fingerprint density at radius 3 is 2.41 bits per heavy atom. The molecule has 1 atom stereocenters. The number of nitrogens with one attached hydrogen (secondary N) is 1. The van der Waals surface area contributed by atoms with Crippen LogP contribution in [-0.2, 0) is 11.2 Å². The molecule has 0 aliphatic heterocycles. The van der Waals surface area contributed by atoms with Crippen molar-refractivity contribution in [3.05, 3.63) is 82.4 Å². The molecule has 0 aliphatic rings. The first-order valence-corrected chi connectivity index (χ1v) is 9.73. The minimum atomic E-state index is -0.803. The summed E-state index contributed by atoms with van der Waals surface area (Å²) in [5.41, 5.74) is 2.67. The molecule has 1 heterocycles. The van der Waals surface area contributed by atoms with E-state index in [0.29, 0.717) is 16.9 Å². The van der Waals surface area contributed by atoms with Gasteiger partial charge in [0, 0.05) is 17.3 Å². The van der Waals surface area contributed by atoms with Crippen molar-refractivity contribution in [3.63, 3.8) is 0 Å². The summed E-state index contributed by atoms with van der Waals surface area (Å²) in [6.07, 6.45) is 3.27. The number of aromatic nitrogens is 2. The quantitative estimate of drug-likeness (QED) is 0.638. The molecule has 1 aromatic heterocycles. The van der Waals surface area contributed by atoms with E-state index in [2.05, 4.69) is 17.3 Å². The standard InChI is InChI=1S/C23H24FN3O2/c1-3-4-5-17-6-12-20(13-7-17)25-23(29)16(2)27-22(28)15-14-21(26-27)18-8-10-19(24)11-9-18/h6-16H,3-5H2,1-2H3,(H,25,29). The maximum atomic E-state index is 13.1. The second kappa shape index (κ2) is 9.28. The zero-order chi connectivity index (χ0) is 20.8. The van der Waals surface area contributed by atoms with E-state index in [1.54, 1.807) is 25.1 Å². The lowest BCUT2D eigenvalue weighted by atomic mass is 10.1. The van der Waals surface area contributed by atoms with Crippen molar-refractivity contribution in [2.24, 2.45) is 0 Å². The van der Waals surface area contributed by atoms with Gasteiger partial charge in [0.05, 0.1) is 5.69 Å². The fraction of sp³-hybridized carbons (Fsp3) is 0.261. The number of nitrogens with zero attached hydrogens (tertiary/aromatic N) is 2. The first kappa shape index (κ1) is 20.5. The highest BCUT2D eigenvalue weighted by molar-refractivity contribution is 5.93. The molecule has 0 bridgehead atoms. The highest BCUT2D eigenvalue weighted by atomic mass is 19.1. The Kier molecular flexibility index (Phi) is 6.54. The number of carbonyl (C=O) groups is 1. The molecule has 0 saturated carbocycles. The van der Waals surface area contributed by atoms with Gasteiger partial charge < -0.3 is 5.32 Å². The first-order chi connectivity index (χ1) is 14.0. The molecule has 5 nitrogen and oxygen atoms in total. The first-order valence-electron chi connectivity index (χ1n) is 9.73. The molecular weight excluding hydrogens is 369 g/mol. The summed E-state index contributed by atoms with van der Waals surface area (Å²) in [6.45, 7) is 3.77. The Hall–Kier alpha value is -3.28. The second-order valence-corrected chi connectivity index (χ2v) is 6.97. The van der Waals surface area contributed by atoms with Crippen LogP contribution < -0.4 is 10.9 Å². The van der Waals surface area contributed by atoms with Crippen molar-refractivity contribution < 1.29 is 9.18 Å². The van der Waals surface area contributed by atoms with E-state index >= 15 is 0 Å². The van der Waals surface area contributed by atoms with Gasteiger partial charge in [0.1, 0.15) is 11.9 Å². The van der Waals surface area contributed by atoms with Crippen LogP contribution in [0.25, 0.3) is 11.3 Å². The number of rotatable bonds is 7. The maximum absolute atomic E-state index is 13.1. The zero-order valence-electron chi connectivity index (χ0n) is 16.6. The minimum Gasteiger partial charge on any atom is -0.324 e. The van der Waals surface area contributed by atoms with E-state index in [1.165, 1.54) is 23.8 Å². The van der Waals surface area contributed by atoms with E-state index in [-0.39, 0.29) is 17.3 Å². The molecule has 0 fully saturated rings. The molecule has 1 amide bonds. The van der Waals surface area contributed by atoms with Gasteiger partial charge in [-0.2, -0.15) is 5.10 Å². The zero-order valence-corrected chi connectivity index (χ0v) is 16.6. The van der Waals surface area contributed by atoms with Gasteiger partial charge in [-0.1, -0.05) is 25.5 Å². The van der Waals surface area contributed by atoms with E-state index < -0.39 is 6.04 Å². The van der Waals surface area contributed by atoms with Crippen molar-refractivity contribution in [2.45, 2.75) is 39.2 Å². The van der Waals surface area contributed by atoms with Gasteiger partial charge in [0.25, 0.3) is 5.56 Å². The Bertz CT molecular complexity index is 1030. The predicted octanol–water partition coefficient (Wildman–Crippen LogP) is 4.59. The number of hydrogen-bond donors (Lipinski definition) is 1. The highest BCUT2D eigenvalue weighted by Gasteiger charge is 2.18. The number of carbonyl (C=O) groups excluding carboxylic acids is 1. The average Bonchev–Trinajstić information content (AvgIpc) is 2.73. The van der Waals surface area contributed by atoms with Crippen molar-refractivity contribution >= 4 is 11.6 Å². The minimum absolute atomic E-state index is 0.336. The van der Waals surface area contributed by atoms with Crippen molar-refractivity contribution in [1.29, 1.82) is 0 Å². The summed E-state index contributed by atoms with van der Waals surface area (Å²) in [5, 5.41) is 7.13. The molecule has 29 heavy (non-hydrogen) atoms.